The van der Waals surface area contributed by atoms with E-state index in [1.807, 2.05) is 18.2 Å². The fraction of sp³-hybridized carbons (Fsp3) is 0.647. The lowest BCUT2D eigenvalue weighted by Crippen LogP contribution is -2.53. The van der Waals surface area contributed by atoms with Crippen LogP contribution >= 0.6 is 0 Å². The average Bonchev–Trinajstić information content (AvgIpc) is 3.28. The molecule has 21 heavy (non-hydrogen) atoms. The molecule has 1 aliphatic heterocycles. The number of methoxy groups -OCH3 is 1. The third-order valence-corrected chi connectivity index (χ3v) is 4.85. The quantitative estimate of drug-likeness (QED) is 0.845. The van der Waals surface area contributed by atoms with Crippen molar-refractivity contribution in [3.05, 3.63) is 35.9 Å². The van der Waals surface area contributed by atoms with E-state index in [1.165, 1.54) is 0 Å². The second-order valence-electron chi connectivity index (χ2n) is 6.19. The maximum Gasteiger partial charge on any atom is 0.0996 e. The summed E-state index contributed by atoms with van der Waals surface area (Å²) in [5.74, 6) is 0.0787. The maximum atomic E-state index is 10.2. The van der Waals surface area contributed by atoms with Crippen LogP contribution in [-0.2, 0) is 20.8 Å². The lowest BCUT2D eigenvalue weighted by molar-refractivity contribution is -0.142. The Morgan fingerprint density at radius 2 is 2.10 bits per heavy atom. The zero-order valence-corrected chi connectivity index (χ0v) is 12.7. The van der Waals surface area contributed by atoms with E-state index in [9.17, 15) is 5.11 Å². The summed E-state index contributed by atoms with van der Waals surface area (Å²) in [4.78, 5) is 0. The van der Waals surface area contributed by atoms with Crippen LogP contribution in [0.25, 0.3) is 0 Å². The first-order valence-corrected chi connectivity index (χ1v) is 7.66. The summed E-state index contributed by atoms with van der Waals surface area (Å²) in [6, 6.07) is 10.1. The molecule has 0 radical (unpaired) electrons. The van der Waals surface area contributed by atoms with Gasteiger partial charge in [0.05, 0.1) is 37.1 Å². The number of aliphatic hydroxyl groups excluding tert-OH is 1. The minimum Gasteiger partial charge on any atom is -0.390 e. The van der Waals surface area contributed by atoms with Gasteiger partial charge in [-0.1, -0.05) is 30.3 Å². The predicted octanol–water partition coefficient (Wildman–Crippen LogP) is 2.15. The number of hydrogen-bond acceptors (Lipinski definition) is 4. The summed E-state index contributed by atoms with van der Waals surface area (Å²) < 4.78 is 17.3. The number of rotatable bonds is 5. The number of epoxide rings is 1. The molecule has 0 unspecified atom stereocenters. The topological polar surface area (TPSA) is 51.2 Å². The highest BCUT2D eigenvalue weighted by molar-refractivity contribution is 5.14. The van der Waals surface area contributed by atoms with Gasteiger partial charge in [0.1, 0.15) is 0 Å². The summed E-state index contributed by atoms with van der Waals surface area (Å²) in [7, 11) is 1.66. The molecular weight excluding hydrogens is 268 g/mol. The summed E-state index contributed by atoms with van der Waals surface area (Å²) >= 11 is 0. The van der Waals surface area contributed by atoms with Gasteiger partial charge < -0.3 is 19.3 Å². The molecule has 1 aromatic carbocycles. The molecule has 3 rings (SSSR count). The van der Waals surface area contributed by atoms with Gasteiger partial charge in [0, 0.05) is 13.0 Å². The van der Waals surface area contributed by atoms with Gasteiger partial charge in [-0.2, -0.15) is 0 Å². The first kappa shape index (κ1) is 15.0. The van der Waals surface area contributed by atoms with Crippen LogP contribution in [-0.4, -0.2) is 42.7 Å². The Bertz CT molecular complexity index is 457. The second-order valence-corrected chi connectivity index (χ2v) is 6.19. The van der Waals surface area contributed by atoms with Crippen LogP contribution in [0, 0.1) is 5.92 Å². The average molecular weight is 292 g/mol. The minimum atomic E-state index is -0.433. The van der Waals surface area contributed by atoms with Gasteiger partial charge in [0.15, 0.2) is 0 Å². The molecule has 1 N–H and O–H groups in total. The molecule has 1 saturated heterocycles. The molecule has 1 heterocycles. The van der Waals surface area contributed by atoms with E-state index >= 15 is 0 Å². The van der Waals surface area contributed by atoms with Gasteiger partial charge in [0.2, 0.25) is 0 Å². The van der Waals surface area contributed by atoms with E-state index in [0.29, 0.717) is 6.61 Å². The van der Waals surface area contributed by atoms with E-state index in [0.717, 1.165) is 25.0 Å². The molecule has 1 aliphatic carbocycles. The third kappa shape index (κ3) is 2.99. The molecular formula is C17H24O4. The van der Waals surface area contributed by atoms with Crippen LogP contribution in [0.2, 0.25) is 0 Å². The van der Waals surface area contributed by atoms with E-state index in [1.54, 1.807) is 7.11 Å². The highest BCUT2D eigenvalue weighted by atomic mass is 16.6. The Labute approximate surface area is 126 Å². The number of ether oxygens (including phenoxy) is 3. The van der Waals surface area contributed by atoms with E-state index in [-0.39, 0.29) is 23.7 Å². The lowest BCUT2D eigenvalue weighted by atomic mass is 9.73. The SMILES string of the molecule is CO[C@H]1[C@H]([C@H](C)OCc2ccccc2)[C@]2(CC[C@H]1O)CO2. The predicted molar refractivity (Wildman–Crippen MR) is 78.9 cm³/mol. The molecule has 1 saturated carbocycles. The number of benzene rings is 1. The highest BCUT2D eigenvalue weighted by Crippen LogP contribution is 2.49. The van der Waals surface area contributed by atoms with Gasteiger partial charge in [-0.25, -0.2) is 0 Å². The van der Waals surface area contributed by atoms with Crippen molar-refractivity contribution in [2.24, 2.45) is 5.92 Å². The third-order valence-electron chi connectivity index (χ3n) is 4.85. The standard InChI is InChI=1S/C17H24O4/c1-12(20-10-13-6-4-3-5-7-13)15-16(19-2)14(18)8-9-17(15)11-21-17/h3-7,12,14-16,18H,8-11H2,1-2H3/t12-,14+,15-,16+,17-/m0/s1. The molecule has 1 spiro atoms. The van der Waals surface area contributed by atoms with Gasteiger partial charge in [0.25, 0.3) is 0 Å². The Hall–Kier alpha value is -0.940. The van der Waals surface area contributed by atoms with Crippen LogP contribution in [0.15, 0.2) is 30.3 Å². The van der Waals surface area contributed by atoms with E-state index in [4.69, 9.17) is 14.2 Å². The largest absolute Gasteiger partial charge is 0.390 e. The van der Waals surface area contributed by atoms with Crippen molar-refractivity contribution in [3.8, 4) is 0 Å². The maximum absolute atomic E-state index is 10.2. The van der Waals surface area contributed by atoms with Gasteiger partial charge in [-0.15, -0.1) is 0 Å². The zero-order valence-electron chi connectivity index (χ0n) is 12.7. The molecule has 4 nitrogen and oxygen atoms in total. The molecule has 0 bridgehead atoms. The lowest BCUT2D eigenvalue weighted by Gasteiger charge is -2.41. The van der Waals surface area contributed by atoms with E-state index < -0.39 is 6.10 Å². The highest BCUT2D eigenvalue weighted by Gasteiger charge is 2.60. The monoisotopic (exact) mass is 292 g/mol. The second kappa shape index (κ2) is 6.05. The fourth-order valence-electron chi connectivity index (χ4n) is 3.60. The van der Waals surface area contributed by atoms with Crippen LogP contribution < -0.4 is 0 Å². The van der Waals surface area contributed by atoms with Crippen LogP contribution in [0.4, 0.5) is 0 Å². The summed E-state index contributed by atoms with van der Waals surface area (Å²) in [6.07, 6.45) is 0.954. The minimum absolute atomic E-state index is 0.0207. The number of hydrogen-bond donors (Lipinski definition) is 1. The first-order chi connectivity index (χ1) is 10.2. The molecule has 5 atom stereocenters. The van der Waals surface area contributed by atoms with Crippen molar-refractivity contribution in [1.29, 1.82) is 0 Å². The van der Waals surface area contributed by atoms with Crippen LogP contribution in [0.5, 0.6) is 0 Å². The van der Waals surface area contributed by atoms with Crippen LogP contribution in [0.1, 0.15) is 25.3 Å². The fourth-order valence-corrected chi connectivity index (χ4v) is 3.60. The molecule has 2 fully saturated rings. The first-order valence-electron chi connectivity index (χ1n) is 7.66. The van der Waals surface area contributed by atoms with Crippen LogP contribution in [0.3, 0.4) is 0 Å². The molecule has 116 valence electrons. The summed E-state index contributed by atoms with van der Waals surface area (Å²) in [5, 5.41) is 10.2. The Morgan fingerprint density at radius 3 is 2.71 bits per heavy atom. The Morgan fingerprint density at radius 1 is 1.38 bits per heavy atom. The van der Waals surface area contributed by atoms with Crippen molar-refractivity contribution in [3.63, 3.8) is 0 Å². The van der Waals surface area contributed by atoms with Crippen molar-refractivity contribution in [2.75, 3.05) is 13.7 Å². The normalized spacial score (nSPS) is 36.6. The van der Waals surface area contributed by atoms with Gasteiger partial charge in [-0.05, 0) is 25.3 Å². The molecule has 1 aromatic rings. The van der Waals surface area contributed by atoms with Crippen molar-refractivity contribution < 1.29 is 19.3 Å². The molecule has 4 heteroatoms. The zero-order chi connectivity index (χ0) is 14.9. The Kier molecular flexibility index (Phi) is 4.31. The van der Waals surface area contributed by atoms with Gasteiger partial charge >= 0.3 is 0 Å². The summed E-state index contributed by atoms with van der Waals surface area (Å²) in [5.41, 5.74) is 1.01. The molecule has 0 amide bonds. The summed E-state index contributed by atoms with van der Waals surface area (Å²) in [6.45, 7) is 3.38. The van der Waals surface area contributed by atoms with Crippen molar-refractivity contribution in [2.45, 2.75) is 50.3 Å². The smallest absolute Gasteiger partial charge is 0.0996 e. The van der Waals surface area contributed by atoms with Crippen molar-refractivity contribution >= 4 is 0 Å². The number of aliphatic hydroxyl groups is 1. The van der Waals surface area contributed by atoms with E-state index in [2.05, 4.69) is 19.1 Å². The van der Waals surface area contributed by atoms with Gasteiger partial charge in [-0.3, -0.25) is 0 Å². The molecule has 0 aromatic heterocycles. The molecule has 2 aliphatic rings. The Balaban J connectivity index is 1.67. The van der Waals surface area contributed by atoms with Crippen molar-refractivity contribution in [1.82, 2.24) is 0 Å².